The van der Waals surface area contributed by atoms with Gasteiger partial charge in [-0.25, -0.2) is 0 Å². The summed E-state index contributed by atoms with van der Waals surface area (Å²) in [6.07, 6.45) is 6.95. The predicted octanol–water partition coefficient (Wildman–Crippen LogP) is 1.59. The highest BCUT2D eigenvalue weighted by Gasteiger charge is 2.16. The van der Waals surface area contributed by atoms with Crippen molar-refractivity contribution in [3.8, 4) is 0 Å². The molecule has 0 heterocycles. The fourth-order valence-electron chi connectivity index (χ4n) is 1.73. The van der Waals surface area contributed by atoms with Crippen LogP contribution >= 0.6 is 0 Å². The van der Waals surface area contributed by atoms with E-state index in [0.29, 0.717) is 0 Å². The lowest BCUT2D eigenvalue weighted by Gasteiger charge is -2.15. The fraction of sp³-hybridized carbons (Fsp3) is 0.750. The summed E-state index contributed by atoms with van der Waals surface area (Å²) >= 11 is 0. The Morgan fingerprint density at radius 3 is 2.87 bits per heavy atom. The van der Waals surface area contributed by atoms with Gasteiger partial charge in [0.05, 0.1) is 6.04 Å². The molecule has 0 spiro atoms. The van der Waals surface area contributed by atoms with E-state index in [1.54, 1.807) is 0 Å². The maximum absolute atomic E-state index is 11.5. The predicted molar refractivity (Wildman–Crippen MR) is 62.4 cm³/mol. The van der Waals surface area contributed by atoms with Crippen molar-refractivity contribution in [3.05, 3.63) is 11.6 Å². The summed E-state index contributed by atoms with van der Waals surface area (Å²) in [5, 5.41) is 2.89. The summed E-state index contributed by atoms with van der Waals surface area (Å²) in [4.78, 5) is 11.5. The molecule has 1 atom stereocenters. The molecule has 0 aromatic carbocycles. The van der Waals surface area contributed by atoms with Crippen molar-refractivity contribution in [1.82, 2.24) is 5.32 Å². The van der Waals surface area contributed by atoms with Gasteiger partial charge < -0.3 is 11.1 Å². The minimum absolute atomic E-state index is 0.0244. The van der Waals surface area contributed by atoms with Gasteiger partial charge in [-0.2, -0.15) is 0 Å². The number of carbonyl (C=O) groups excluding carboxylic acids is 1. The second kappa shape index (κ2) is 5.91. The highest BCUT2D eigenvalue weighted by molar-refractivity contribution is 5.81. The van der Waals surface area contributed by atoms with Gasteiger partial charge in [-0.3, -0.25) is 4.79 Å². The van der Waals surface area contributed by atoms with Gasteiger partial charge in [-0.05, 0) is 31.6 Å². The molecule has 3 nitrogen and oxygen atoms in total. The number of carbonyl (C=O) groups is 1. The summed E-state index contributed by atoms with van der Waals surface area (Å²) < 4.78 is 0. The van der Waals surface area contributed by atoms with Crippen molar-refractivity contribution < 1.29 is 4.79 Å². The number of nitrogens with one attached hydrogen (secondary N) is 1. The van der Waals surface area contributed by atoms with Crippen LogP contribution in [0, 0.1) is 5.92 Å². The Morgan fingerprint density at radius 1 is 1.60 bits per heavy atom. The summed E-state index contributed by atoms with van der Waals surface area (Å²) in [5.41, 5.74) is 7.21. The topological polar surface area (TPSA) is 55.1 Å². The van der Waals surface area contributed by atoms with Gasteiger partial charge in [0, 0.05) is 6.54 Å². The molecule has 86 valence electrons. The molecule has 1 unspecified atom stereocenters. The third-order valence-electron chi connectivity index (χ3n) is 2.90. The first-order valence-electron chi connectivity index (χ1n) is 5.82. The van der Waals surface area contributed by atoms with E-state index in [9.17, 15) is 4.79 Å². The molecule has 1 aliphatic carbocycles. The average Bonchev–Trinajstić information content (AvgIpc) is 2.69. The van der Waals surface area contributed by atoms with Crippen molar-refractivity contribution in [2.45, 2.75) is 45.6 Å². The zero-order valence-corrected chi connectivity index (χ0v) is 9.75. The maximum Gasteiger partial charge on any atom is 0.237 e. The van der Waals surface area contributed by atoms with E-state index >= 15 is 0 Å². The van der Waals surface area contributed by atoms with Crippen molar-refractivity contribution in [1.29, 1.82) is 0 Å². The molecule has 1 rings (SSSR count). The largest absolute Gasteiger partial charge is 0.354 e. The Balaban J connectivity index is 2.16. The summed E-state index contributed by atoms with van der Waals surface area (Å²) in [5.74, 6) is 0.180. The van der Waals surface area contributed by atoms with Crippen LogP contribution in [0.3, 0.4) is 0 Å². The molecule has 3 N–H and O–H groups in total. The van der Waals surface area contributed by atoms with Crippen LogP contribution in [0.2, 0.25) is 0 Å². The van der Waals surface area contributed by atoms with Crippen LogP contribution in [0.1, 0.15) is 39.5 Å². The molecule has 0 bridgehead atoms. The van der Waals surface area contributed by atoms with E-state index in [1.165, 1.54) is 24.8 Å². The summed E-state index contributed by atoms with van der Waals surface area (Å²) in [7, 11) is 0. The van der Waals surface area contributed by atoms with Crippen LogP contribution in [0.15, 0.2) is 11.6 Å². The molecule has 3 heteroatoms. The molecule has 0 fully saturated rings. The Morgan fingerprint density at radius 2 is 2.33 bits per heavy atom. The van der Waals surface area contributed by atoms with Crippen molar-refractivity contribution >= 4 is 5.91 Å². The van der Waals surface area contributed by atoms with Crippen molar-refractivity contribution in [2.75, 3.05) is 6.54 Å². The Kier molecular flexibility index (Phi) is 4.82. The molecule has 1 amide bonds. The Hall–Kier alpha value is -0.830. The molecule has 0 saturated carbocycles. The quantitative estimate of drug-likeness (QED) is 0.677. The average molecular weight is 210 g/mol. The zero-order valence-electron chi connectivity index (χ0n) is 9.75. The lowest BCUT2D eigenvalue weighted by molar-refractivity contribution is -0.123. The molecule has 0 aromatic heterocycles. The first kappa shape index (κ1) is 12.2. The van der Waals surface area contributed by atoms with Crippen LogP contribution in [-0.2, 0) is 4.79 Å². The van der Waals surface area contributed by atoms with Gasteiger partial charge in [-0.15, -0.1) is 0 Å². The third kappa shape index (κ3) is 4.04. The molecular formula is C12H22N2O. The molecule has 1 aliphatic rings. The van der Waals surface area contributed by atoms with E-state index in [2.05, 4.69) is 11.4 Å². The molecule has 0 saturated heterocycles. The monoisotopic (exact) mass is 210 g/mol. The number of hydrogen-bond acceptors (Lipinski definition) is 2. The van der Waals surface area contributed by atoms with E-state index < -0.39 is 0 Å². The maximum atomic E-state index is 11.5. The molecule has 15 heavy (non-hydrogen) atoms. The standard InChI is InChI=1S/C12H22N2O/c1-9(2)11(13)12(15)14-8-7-10-5-3-4-6-10/h5,9,11H,3-4,6-8,13H2,1-2H3,(H,14,15). The minimum atomic E-state index is -0.373. The van der Waals surface area contributed by atoms with Crippen LogP contribution < -0.4 is 11.1 Å². The minimum Gasteiger partial charge on any atom is -0.354 e. The van der Waals surface area contributed by atoms with E-state index in [4.69, 9.17) is 5.73 Å². The number of hydrogen-bond donors (Lipinski definition) is 2. The molecule has 0 radical (unpaired) electrons. The van der Waals surface area contributed by atoms with E-state index in [1.807, 2.05) is 13.8 Å². The SMILES string of the molecule is CC(C)C(N)C(=O)NCCC1=CCCC1. The first-order chi connectivity index (χ1) is 7.11. The van der Waals surface area contributed by atoms with Gasteiger partial charge in [0.25, 0.3) is 0 Å². The summed E-state index contributed by atoms with van der Waals surface area (Å²) in [6.45, 7) is 4.65. The van der Waals surface area contributed by atoms with Gasteiger partial charge in [0.1, 0.15) is 0 Å². The van der Waals surface area contributed by atoms with Crippen molar-refractivity contribution in [2.24, 2.45) is 11.7 Å². The zero-order chi connectivity index (χ0) is 11.3. The second-order valence-electron chi connectivity index (χ2n) is 4.57. The second-order valence-corrected chi connectivity index (χ2v) is 4.57. The number of nitrogens with two attached hydrogens (primary N) is 1. The van der Waals surface area contributed by atoms with Gasteiger partial charge in [0.15, 0.2) is 0 Å². The smallest absolute Gasteiger partial charge is 0.237 e. The fourth-order valence-corrected chi connectivity index (χ4v) is 1.73. The summed E-state index contributed by atoms with van der Waals surface area (Å²) in [6, 6.07) is -0.373. The molecular weight excluding hydrogens is 188 g/mol. The number of amides is 1. The van der Waals surface area contributed by atoms with Crippen molar-refractivity contribution in [3.63, 3.8) is 0 Å². The van der Waals surface area contributed by atoms with Gasteiger partial charge in [0.2, 0.25) is 5.91 Å². The molecule has 0 aliphatic heterocycles. The highest BCUT2D eigenvalue weighted by atomic mass is 16.2. The third-order valence-corrected chi connectivity index (χ3v) is 2.90. The van der Waals surface area contributed by atoms with Crippen LogP contribution in [0.25, 0.3) is 0 Å². The van der Waals surface area contributed by atoms with Crippen LogP contribution in [0.4, 0.5) is 0 Å². The first-order valence-corrected chi connectivity index (χ1v) is 5.82. The van der Waals surface area contributed by atoms with Crippen LogP contribution in [0.5, 0.6) is 0 Å². The van der Waals surface area contributed by atoms with Gasteiger partial charge >= 0.3 is 0 Å². The Bertz CT molecular complexity index is 246. The van der Waals surface area contributed by atoms with E-state index in [-0.39, 0.29) is 17.9 Å². The number of rotatable bonds is 5. The van der Waals surface area contributed by atoms with Crippen LogP contribution in [-0.4, -0.2) is 18.5 Å². The molecule has 0 aromatic rings. The lowest BCUT2D eigenvalue weighted by atomic mass is 10.0. The number of allylic oxidation sites excluding steroid dienone is 1. The normalized spacial score (nSPS) is 17.7. The van der Waals surface area contributed by atoms with Gasteiger partial charge in [-0.1, -0.05) is 25.5 Å². The Labute approximate surface area is 92.1 Å². The van der Waals surface area contributed by atoms with E-state index in [0.717, 1.165) is 13.0 Å². The highest BCUT2D eigenvalue weighted by Crippen LogP contribution is 2.19. The lowest BCUT2D eigenvalue weighted by Crippen LogP contribution is -2.44.